The highest BCUT2D eigenvalue weighted by Gasteiger charge is 2.16. The van der Waals surface area contributed by atoms with Gasteiger partial charge in [-0.2, -0.15) is 0 Å². The van der Waals surface area contributed by atoms with Gasteiger partial charge >= 0.3 is 0 Å². The minimum Gasteiger partial charge on any atom is -0.495 e. The molecule has 0 atom stereocenters. The second kappa shape index (κ2) is 10.00. The second-order valence-corrected chi connectivity index (χ2v) is 10.1. The number of carbonyl (C=O) groups excluding carboxylic acids is 1. The zero-order valence-corrected chi connectivity index (χ0v) is 19.3. The van der Waals surface area contributed by atoms with Gasteiger partial charge in [0.2, 0.25) is 5.91 Å². The number of halogens is 1. The first-order chi connectivity index (χ1) is 14.8. The van der Waals surface area contributed by atoms with Gasteiger partial charge in [-0.1, -0.05) is 35.9 Å². The van der Waals surface area contributed by atoms with Crippen LogP contribution in [0.5, 0.6) is 5.75 Å². The summed E-state index contributed by atoms with van der Waals surface area (Å²) in [6.45, 7) is 0.465. The van der Waals surface area contributed by atoms with Crippen molar-refractivity contribution in [3.8, 4) is 5.75 Å². The molecule has 0 saturated carbocycles. The van der Waals surface area contributed by atoms with Crippen LogP contribution < -0.4 is 9.46 Å². The Morgan fingerprint density at radius 3 is 2.48 bits per heavy atom. The van der Waals surface area contributed by atoms with E-state index in [4.69, 9.17) is 16.3 Å². The molecule has 1 heterocycles. The number of methoxy groups -OCH3 is 1. The average molecular weight is 477 g/mol. The number of benzene rings is 2. The molecule has 0 aliphatic rings. The van der Waals surface area contributed by atoms with Gasteiger partial charge in [0.1, 0.15) is 5.75 Å². The Kier molecular flexibility index (Phi) is 7.37. The molecule has 3 rings (SSSR count). The SMILES string of the molecule is COc1ccccc1NS(=O)(=O)c1ccc(C=CC(=O)N(C)Cc2ccc(Cl)s2)cc1. The van der Waals surface area contributed by atoms with Crippen molar-refractivity contribution in [2.75, 3.05) is 18.9 Å². The van der Waals surface area contributed by atoms with Gasteiger partial charge in [-0.25, -0.2) is 8.42 Å². The normalized spacial score (nSPS) is 11.5. The highest BCUT2D eigenvalue weighted by Crippen LogP contribution is 2.26. The zero-order chi connectivity index (χ0) is 22.4. The first kappa shape index (κ1) is 22.9. The summed E-state index contributed by atoms with van der Waals surface area (Å²) in [5, 5.41) is 0. The zero-order valence-electron chi connectivity index (χ0n) is 16.9. The average Bonchev–Trinajstić information content (AvgIpc) is 3.16. The molecular weight excluding hydrogens is 456 g/mol. The number of nitrogens with zero attached hydrogens (tertiary/aromatic N) is 1. The van der Waals surface area contributed by atoms with Crippen LogP contribution >= 0.6 is 22.9 Å². The largest absolute Gasteiger partial charge is 0.495 e. The first-order valence-corrected chi connectivity index (χ1v) is 11.9. The quantitative estimate of drug-likeness (QED) is 0.470. The first-order valence-electron chi connectivity index (χ1n) is 9.22. The number of carbonyl (C=O) groups is 1. The number of hydrogen-bond acceptors (Lipinski definition) is 5. The van der Waals surface area contributed by atoms with Gasteiger partial charge in [0.05, 0.1) is 28.6 Å². The molecule has 1 aromatic heterocycles. The van der Waals surface area contributed by atoms with Crippen molar-refractivity contribution in [1.29, 1.82) is 0 Å². The van der Waals surface area contributed by atoms with Gasteiger partial charge in [-0.05, 0) is 48.0 Å². The lowest BCUT2D eigenvalue weighted by Crippen LogP contribution is -2.23. The van der Waals surface area contributed by atoms with Crippen molar-refractivity contribution in [1.82, 2.24) is 4.90 Å². The van der Waals surface area contributed by atoms with Crippen LogP contribution in [-0.2, 0) is 21.4 Å². The molecular formula is C22H21ClN2O4S2. The van der Waals surface area contributed by atoms with Crippen LogP contribution in [-0.4, -0.2) is 33.4 Å². The number of hydrogen-bond donors (Lipinski definition) is 1. The fourth-order valence-electron chi connectivity index (χ4n) is 2.73. The molecule has 0 aliphatic carbocycles. The van der Waals surface area contributed by atoms with Gasteiger partial charge in [0, 0.05) is 18.0 Å². The Morgan fingerprint density at radius 1 is 1.13 bits per heavy atom. The number of thiophene rings is 1. The van der Waals surface area contributed by atoms with Crippen LogP contribution in [0, 0.1) is 0 Å². The van der Waals surface area contributed by atoms with Crippen LogP contribution in [0.25, 0.3) is 6.08 Å². The molecule has 0 unspecified atom stereocenters. The van der Waals surface area contributed by atoms with Crippen molar-refractivity contribution in [3.05, 3.63) is 81.5 Å². The van der Waals surface area contributed by atoms with E-state index in [1.54, 1.807) is 60.5 Å². The topological polar surface area (TPSA) is 75.7 Å². The highest BCUT2D eigenvalue weighted by molar-refractivity contribution is 7.92. The van der Waals surface area contributed by atoms with E-state index in [2.05, 4.69) is 4.72 Å². The molecule has 31 heavy (non-hydrogen) atoms. The third kappa shape index (κ3) is 6.10. The maximum Gasteiger partial charge on any atom is 0.262 e. The van der Waals surface area contributed by atoms with Crippen molar-refractivity contribution >= 4 is 50.6 Å². The Balaban J connectivity index is 1.65. The Morgan fingerprint density at radius 2 is 1.84 bits per heavy atom. The van der Waals surface area contributed by atoms with Crippen LogP contribution in [0.2, 0.25) is 4.34 Å². The van der Waals surface area contributed by atoms with Gasteiger partial charge in [0.15, 0.2) is 0 Å². The van der Waals surface area contributed by atoms with Crippen LogP contribution in [0.15, 0.2) is 71.6 Å². The molecule has 9 heteroatoms. The van der Waals surface area contributed by atoms with E-state index in [0.717, 1.165) is 4.88 Å². The third-order valence-electron chi connectivity index (χ3n) is 4.36. The van der Waals surface area contributed by atoms with E-state index in [1.165, 1.54) is 36.7 Å². The fourth-order valence-corrected chi connectivity index (χ4v) is 4.95. The minimum atomic E-state index is -3.78. The van der Waals surface area contributed by atoms with Gasteiger partial charge in [-0.3, -0.25) is 9.52 Å². The molecule has 1 amide bonds. The number of nitrogens with one attached hydrogen (secondary N) is 1. The Bertz CT molecular complexity index is 1190. The van der Waals surface area contributed by atoms with Crippen molar-refractivity contribution in [2.45, 2.75) is 11.4 Å². The predicted octanol–water partition coefficient (Wildman–Crippen LogP) is 4.88. The molecule has 0 radical (unpaired) electrons. The molecule has 0 spiro atoms. The molecule has 3 aromatic rings. The lowest BCUT2D eigenvalue weighted by Gasteiger charge is -2.13. The molecule has 6 nitrogen and oxygen atoms in total. The molecule has 1 N–H and O–H groups in total. The van der Waals surface area contributed by atoms with Gasteiger partial charge in [-0.15, -0.1) is 11.3 Å². The van der Waals surface area contributed by atoms with E-state index in [1.807, 2.05) is 6.07 Å². The summed E-state index contributed by atoms with van der Waals surface area (Å²) in [4.78, 5) is 15.0. The van der Waals surface area contributed by atoms with Gasteiger partial charge < -0.3 is 9.64 Å². The Hall–Kier alpha value is -2.81. The predicted molar refractivity (Wildman–Crippen MR) is 125 cm³/mol. The van der Waals surface area contributed by atoms with Crippen LogP contribution in [0.1, 0.15) is 10.4 Å². The summed E-state index contributed by atoms with van der Waals surface area (Å²) < 4.78 is 33.7. The number of rotatable bonds is 8. The molecule has 0 saturated heterocycles. The van der Waals surface area contributed by atoms with Crippen molar-refractivity contribution < 1.29 is 17.9 Å². The summed E-state index contributed by atoms with van der Waals surface area (Å²) in [6, 6.07) is 16.7. The minimum absolute atomic E-state index is 0.105. The van der Waals surface area contributed by atoms with Crippen molar-refractivity contribution in [2.24, 2.45) is 0 Å². The molecule has 162 valence electrons. The summed E-state index contributed by atoms with van der Waals surface area (Å²) in [5.41, 5.74) is 1.06. The molecule has 2 aromatic carbocycles. The number of sulfonamides is 1. The number of para-hydroxylation sites is 2. The number of likely N-dealkylation sites (N-methyl/N-ethyl adjacent to an activating group) is 1. The number of amides is 1. The van der Waals surface area contributed by atoms with E-state index in [-0.39, 0.29) is 10.8 Å². The second-order valence-electron chi connectivity index (χ2n) is 6.61. The number of anilines is 1. The summed E-state index contributed by atoms with van der Waals surface area (Å²) in [6.07, 6.45) is 3.09. The maximum absolute atomic E-state index is 12.7. The molecule has 0 fully saturated rings. The summed E-state index contributed by atoms with van der Waals surface area (Å²) >= 11 is 7.35. The van der Waals surface area contributed by atoms with Crippen molar-refractivity contribution in [3.63, 3.8) is 0 Å². The van der Waals surface area contributed by atoms with E-state index >= 15 is 0 Å². The van der Waals surface area contributed by atoms with Gasteiger partial charge in [0.25, 0.3) is 10.0 Å². The van der Waals surface area contributed by atoms with E-state index < -0.39 is 10.0 Å². The molecule has 0 bridgehead atoms. The third-order valence-corrected chi connectivity index (χ3v) is 6.96. The van der Waals surface area contributed by atoms with E-state index in [0.29, 0.717) is 27.9 Å². The van der Waals surface area contributed by atoms with Crippen LogP contribution in [0.3, 0.4) is 0 Å². The fraction of sp³-hybridized carbons (Fsp3) is 0.136. The smallest absolute Gasteiger partial charge is 0.262 e. The number of ether oxygens (including phenoxy) is 1. The maximum atomic E-state index is 12.7. The standard InChI is InChI=1S/C22H21ClN2O4S2/c1-25(15-17-10-13-21(23)30-17)22(26)14-9-16-7-11-18(12-8-16)31(27,28)24-19-5-3-4-6-20(19)29-2/h3-14,24H,15H2,1-2H3. The highest BCUT2D eigenvalue weighted by atomic mass is 35.5. The van der Waals surface area contributed by atoms with Crippen LogP contribution in [0.4, 0.5) is 5.69 Å². The molecule has 0 aliphatic heterocycles. The van der Waals surface area contributed by atoms with E-state index in [9.17, 15) is 13.2 Å². The summed E-state index contributed by atoms with van der Waals surface area (Å²) in [7, 11) is -0.596. The monoisotopic (exact) mass is 476 g/mol. The lowest BCUT2D eigenvalue weighted by molar-refractivity contribution is -0.125. The summed E-state index contributed by atoms with van der Waals surface area (Å²) in [5.74, 6) is 0.261. The lowest BCUT2D eigenvalue weighted by atomic mass is 10.2. The Labute approximate surface area is 190 Å².